The van der Waals surface area contributed by atoms with E-state index in [0.717, 1.165) is 13.0 Å². The first-order chi connectivity index (χ1) is 13.4. The lowest BCUT2D eigenvalue weighted by atomic mass is 9.76. The summed E-state index contributed by atoms with van der Waals surface area (Å²) in [6.07, 6.45) is 6.02. The Balaban J connectivity index is 1.34. The number of hydrogen-bond donors (Lipinski definition) is 1. The molecule has 0 aromatic heterocycles. The van der Waals surface area contributed by atoms with Crippen molar-refractivity contribution in [3.63, 3.8) is 0 Å². The number of aryl methyl sites for hydroxylation is 1. The average molecular weight is 356 g/mol. The van der Waals surface area contributed by atoms with Gasteiger partial charge in [-0.2, -0.15) is 0 Å². The van der Waals surface area contributed by atoms with Crippen molar-refractivity contribution in [3.05, 3.63) is 107 Å². The third-order valence-electron chi connectivity index (χ3n) is 5.79. The van der Waals surface area contributed by atoms with Crippen LogP contribution in [-0.2, 0) is 12.8 Å². The van der Waals surface area contributed by atoms with Crippen LogP contribution in [0.4, 0.5) is 0 Å². The Morgan fingerprint density at radius 1 is 0.741 bits per heavy atom. The number of rotatable bonds is 7. The van der Waals surface area contributed by atoms with E-state index in [1.807, 2.05) is 0 Å². The molecule has 2 atom stereocenters. The van der Waals surface area contributed by atoms with Crippen LogP contribution in [0, 0.1) is 0 Å². The molecule has 0 fully saturated rings. The summed E-state index contributed by atoms with van der Waals surface area (Å²) in [6.45, 7) is 1.11. The molecule has 0 aliphatic heterocycles. The molecular weight excluding hydrogens is 326 g/mol. The maximum Gasteiger partial charge on any atom is 0.0117 e. The standard InChI is InChI=1S/C26H29N/c1-3-11-21(12-4-1)13-9-10-18-27-24-19-23-16-7-8-17-25(23)26(20-24)22-14-5-2-6-15-22/h1-8,11-12,14-17,24,26-27H,9-10,13,18-20H2/t24-,26-/m0/s1. The molecular formula is C26H29N. The van der Waals surface area contributed by atoms with Gasteiger partial charge in [0.2, 0.25) is 0 Å². The van der Waals surface area contributed by atoms with Crippen LogP contribution in [0.1, 0.15) is 47.4 Å². The highest BCUT2D eigenvalue weighted by molar-refractivity contribution is 5.40. The van der Waals surface area contributed by atoms with Gasteiger partial charge in [-0.1, -0.05) is 84.9 Å². The first-order valence-electron chi connectivity index (χ1n) is 10.3. The van der Waals surface area contributed by atoms with E-state index in [9.17, 15) is 0 Å². The highest BCUT2D eigenvalue weighted by Gasteiger charge is 2.27. The van der Waals surface area contributed by atoms with Crippen molar-refractivity contribution >= 4 is 0 Å². The van der Waals surface area contributed by atoms with Gasteiger partial charge in [0.15, 0.2) is 0 Å². The molecule has 27 heavy (non-hydrogen) atoms. The number of unbranched alkanes of at least 4 members (excludes halogenated alkanes) is 1. The summed E-state index contributed by atoms with van der Waals surface area (Å²) in [6, 6.07) is 31.4. The second-order valence-corrected chi connectivity index (χ2v) is 7.70. The zero-order valence-electron chi connectivity index (χ0n) is 16.0. The minimum atomic E-state index is 0.512. The predicted octanol–water partition coefficient (Wildman–Crippen LogP) is 5.75. The predicted molar refractivity (Wildman–Crippen MR) is 114 cm³/mol. The number of hydrogen-bond acceptors (Lipinski definition) is 1. The molecule has 3 aromatic rings. The van der Waals surface area contributed by atoms with E-state index in [4.69, 9.17) is 0 Å². The Labute approximate surface area is 163 Å². The molecule has 0 saturated heterocycles. The molecule has 138 valence electrons. The summed E-state index contributed by atoms with van der Waals surface area (Å²) in [4.78, 5) is 0. The van der Waals surface area contributed by atoms with Crippen LogP contribution in [0.15, 0.2) is 84.9 Å². The highest BCUT2D eigenvalue weighted by Crippen LogP contribution is 2.36. The van der Waals surface area contributed by atoms with Gasteiger partial charge in [0.05, 0.1) is 0 Å². The van der Waals surface area contributed by atoms with Crippen LogP contribution in [-0.4, -0.2) is 12.6 Å². The molecule has 0 bridgehead atoms. The van der Waals surface area contributed by atoms with Crippen LogP contribution in [0.25, 0.3) is 0 Å². The first-order valence-corrected chi connectivity index (χ1v) is 10.3. The van der Waals surface area contributed by atoms with E-state index in [0.29, 0.717) is 12.0 Å². The van der Waals surface area contributed by atoms with Crippen molar-refractivity contribution in [3.8, 4) is 0 Å². The van der Waals surface area contributed by atoms with Gasteiger partial charge in [-0.05, 0) is 60.9 Å². The van der Waals surface area contributed by atoms with Crippen LogP contribution >= 0.6 is 0 Å². The normalized spacial score (nSPS) is 18.8. The zero-order valence-corrected chi connectivity index (χ0v) is 16.0. The Morgan fingerprint density at radius 2 is 1.44 bits per heavy atom. The summed E-state index contributed by atoms with van der Waals surface area (Å²) < 4.78 is 0. The summed E-state index contributed by atoms with van der Waals surface area (Å²) in [5.74, 6) is 0.512. The second kappa shape index (κ2) is 9.01. The Hall–Kier alpha value is -2.38. The molecule has 0 amide bonds. The lowest BCUT2D eigenvalue weighted by Gasteiger charge is -2.32. The topological polar surface area (TPSA) is 12.0 Å². The summed E-state index contributed by atoms with van der Waals surface area (Å²) in [5, 5.41) is 3.85. The van der Waals surface area contributed by atoms with Crippen LogP contribution < -0.4 is 5.32 Å². The minimum Gasteiger partial charge on any atom is -0.314 e. The molecule has 3 aromatic carbocycles. The maximum absolute atomic E-state index is 3.85. The highest BCUT2D eigenvalue weighted by atomic mass is 14.9. The summed E-state index contributed by atoms with van der Waals surface area (Å²) >= 11 is 0. The molecule has 4 rings (SSSR count). The van der Waals surface area contributed by atoms with Crippen LogP contribution in [0.3, 0.4) is 0 Å². The Bertz CT molecular complexity index is 825. The molecule has 0 radical (unpaired) electrons. The summed E-state index contributed by atoms with van der Waals surface area (Å²) in [5.41, 5.74) is 5.93. The fraction of sp³-hybridized carbons (Fsp3) is 0.308. The third-order valence-corrected chi connectivity index (χ3v) is 5.79. The van der Waals surface area contributed by atoms with Gasteiger partial charge >= 0.3 is 0 Å². The molecule has 1 aliphatic rings. The van der Waals surface area contributed by atoms with Crippen molar-refractivity contribution in [1.29, 1.82) is 0 Å². The van der Waals surface area contributed by atoms with Crippen molar-refractivity contribution < 1.29 is 0 Å². The van der Waals surface area contributed by atoms with E-state index < -0.39 is 0 Å². The van der Waals surface area contributed by atoms with E-state index in [-0.39, 0.29) is 0 Å². The van der Waals surface area contributed by atoms with E-state index in [2.05, 4.69) is 90.2 Å². The van der Waals surface area contributed by atoms with Gasteiger partial charge in [0.25, 0.3) is 0 Å². The Morgan fingerprint density at radius 3 is 2.26 bits per heavy atom. The van der Waals surface area contributed by atoms with Crippen molar-refractivity contribution in [2.45, 2.75) is 44.1 Å². The fourth-order valence-corrected chi connectivity index (χ4v) is 4.38. The Kier molecular flexibility index (Phi) is 6.01. The second-order valence-electron chi connectivity index (χ2n) is 7.70. The lowest BCUT2D eigenvalue weighted by molar-refractivity contribution is 0.428. The molecule has 1 nitrogen and oxygen atoms in total. The van der Waals surface area contributed by atoms with Gasteiger partial charge in [-0.3, -0.25) is 0 Å². The minimum absolute atomic E-state index is 0.512. The smallest absolute Gasteiger partial charge is 0.0117 e. The average Bonchev–Trinajstić information content (AvgIpc) is 2.74. The van der Waals surface area contributed by atoms with Gasteiger partial charge < -0.3 is 5.32 Å². The molecule has 0 heterocycles. The van der Waals surface area contributed by atoms with Crippen molar-refractivity contribution in [2.24, 2.45) is 0 Å². The number of nitrogens with one attached hydrogen (secondary N) is 1. The first kappa shape index (κ1) is 18.0. The van der Waals surface area contributed by atoms with Gasteiger partial charge in [0, 0.05) is 12.0 Å². The van der Waals surface area contributed by atoms with Crippen molar-refractivity contribution in [1.82, 2.24) is 5.32 Å². The third kappa shape index (κ3) is 4.67. The van der Waals surface area contributed by atoms with Gasteiger partial charge in [-0.25, -0.2) is 0 Å². The van der Waals surface area contributed by atoms with E-state index >= 15 is 0 Å². The molecule has 1 aliphatic carbocycles. The number of fused-ring (bicyclic) bond motifs is 1. The van der Waals surface area contributed by atoms with Crippen molar-refractivity contribution in [2.75, 3.05) is 6.54 Å². The largest absolute Gasteiger partial charge is 0.314 e. The molecule has 0 saturated carbocycles. The lowest BCUT2D eigenvalue weighted by Crippen LogP contribution is -2.37. The molecule has 1 heteroatoms. The number of benzene rings is 3. The molecule has 0 unspecified atom stereocenters. The molecule has 1 N–H and O–H groups in total. The maximum atomic E-state index is 3.85. The van der Waals surface area contributed by atoms with Crippen LogP contribution in [0.2, 0.25) is 0 Å². The quantitative estimate of drug-likeness (QED) is 0.532. The monoisotopic (exact) mass is 355 g/mol. The fourth-order valence-electron chi connectivity index (χ4n) is 4.38. The molecule has 0 spiro atoms. The van der Waals surface area contributed by atoms with Gasteiger partial charge in [0.1, 0.15) is 0 Å². The van der Waals surface area contributed by atoms with Crippen LogP contribution in [0.5, 0.6) is 0 Å². The zero-order chi connectivity index (χ0) is 18.3. The van der Waals surface area contributed by atoms with E-state index in [1.165, 1.54) is 47.9 Å². The van der Waals surface area contributed by atoms with E-state index in [1.54, 1.807) is 0 Å². The van der Waals surface area contributed by atoms with Gasteiger partial charge in [-0.15, -0.1) is 0 Å². The SMILES string of the molecule is c1ccc(CCCCN[C@H]2Cc3ccccc3[C@H](c3ccccc3)C2)cc1. The summed E-state index contributed by atoms with van der Waals surface area (Å²) in [7, 11) is 0.